The third-order valence-electron chi connectivity index (χ3n) is 5.00. The maximum absolute atomic E-state index is 14.0. The Kier molecular flexibility index (Phi) is 7.19. The molecule has 174 valence electrons. The van der Waals surface area contributed by atoms with Crippen molar-refractivity contribution in [2.24, 2.45) is 0 Å². The molecule has 2 aromatic heterocycles. The van der Waals surface area contributed by atoms with Crippen LogP contribution in [0.4, 0.5) is 9.39 Å². The molecule has 0 unspecified atom stereocenters. The number of nitrogens with zero attached hydrogens (tertiary/aromatic N) is 1. The lowest BCUT2D eigenvalue weighted by Gasteiger charge is -2.08. The summed E-state index contributed by atoms with van der Waals surface area (Å²) in [6.07, 6.45) is 1.26. The van der Waals surface area contributed by atoms with Gasteiger partial charge in [0.05, 0.1) is 12.2 Å². The molecular weight excluding hydrogens is 467 g/mol. The van der Waals surface area contributed by atoms with E-state index in [1.54, 1.807) is 36.6 Å². The monoisotopic (exact) mass is 486 g/mol. The fraction of sp³-hybridized carbons (Fsp3) is 0.0741. The van der Waals surface area contributed by atoms with Crippen molar-refractivity contribution in [1.82, 2.24) is 0 Å². The van der Waals surface area contributed by atoms with Gasteiger partial charge in [0, 0.05) is 17.0 Å². The van der Waals surface area contributed by atoms with Crippen LogP contribution >= 0.6 is 11.3 Å². The quantitative estimate of drug-likeness (QED) is 0.182. The third kappa shape index (κ3) is 5.21. The smallest absolute Gasteiger partial charge is 0.341 e. The molecule has 8 heteroatoms. The minimum Gasteiger partial charge on any atom is -0.462 e. The van der Waals surface area contributed by atoms with Crippen LogP contribution in [-0.2, 0) is 9.53 Å². The average Bonchev–Trinajstić information content (AvgIpc) is 3.50. The van der Waals surface area contributed by atoms with Gasteiger partial charge in [-0.05, 0) is 36.8 Å². The number of benzene rings is 2. The number of hydrogen-bond donors (Lipinski definition) is 1. The van der Waals surface area contributed by atoms with Crippen LogP contribution < -0.4 is 5.32 Å². The standard InChI is InChI=1S/C27H19FN2O4S/c1-2-33-27(32)24-21(17-8-4-3-5-9-17)16-35-26(24)30-25(31)18(15-29)14-19-12-13-23(34-19)20-10-6-7-11-22(20)28/h3-14,16H,2H2,1H3,(H,30,31). The molecule has 0 fully saturated rings. The van der Waals surface area contributed by atoms with E-state index >= 15 is 0 Å². The lowest BCUT2D eigenvalue weighted by molar-refractivity contribution is -0.112. The molecule has 4 rings (SSSR count). The van der Waals surface area contributed by atoms with Crippen molar-refractivity contribution in [1.29, 1.82) is 5.26 Å². The maximum atomic E-state index is 14.0. The summed E-state index contributed by atoms with van der Waals surface area (Å²) in [7, 11) is 0. The van der Waals surface area contributed by atoms with Crippen LogP contribution in [0.15, 0.2) is 82.1 Å². The van der Waals surface area contributed by atoms with Crippen molar-refractivity contribution in [2.75, 3.05) is 11.9 Å². The fourth-order valence-electron chi connectivity index (χ4n) is 3.38. The van der Waals surface area contributed by atoms with Gasteiger partial charge >= 0.3 is 5.97 Å². The lowest BCUT2D eigenvalue weighted by atomic mass is 10.0. The van der Waals surface area contributed by atoms with E-state index in [1.807, 2.05) is 36.4 Å². The van der Waals surface area contributed by atoms with Crippen molar-refractivity contribution in [3.63, 3.8) is 0 Å². The van der Waals surface area contributed by atoms with Gasteiger partial charge in [0.15, 0.2) is 0 Å². The lowest BCUT2D eigenvalue weighted by Crippen LogP contribution is -2.16. The van der Waals surface area contributed by atoms with Crippen molar-refractivity contribution in [3.8, 4) is 28.5 Å². The number of halogens is 1. The van der Waals surface area contributed by atoms with E-state index in [-0.39, 0.29) is 39.8 Å². The number of rotatable bonds is 7. The first-order valence-corrected chi connectivity index (χ1v) is 11.5. The number of amides is 1. The summed E-state index contributed by atoms with van der Waals surface area (Å²) in [5.74, 6) is -1.28. The van der Waals surface area contributed by atoms with E-state index in [2.05, 4.69) is 5.32 Å². The molecule has 6 nitrogen and oxygen atoms in total. The molecule has 0 bridgehead atoms. The molecule has 0 saturated heterocycles. The van der Waals surface area contributed by atoms with Gasteiger partial charge < -0.3 is 14.5 Å². The topological polar surface area (TPSA) is 92.3 Å². The normalized spacial score (nSPS) is 11.1. The summed E-state index contributed by atoms with van der Waals surface area (Å²) >= 11 is 1.16. The van der Waals surface area contributed by atoms with Crippen molar-refractivity contribution in [3.05, 3.63) is 94.8 Å². The number of furan rings is 1. The Hall–Kier alpha value is -4.48. The largest absolute Gasteiger partial charge is 0.462 e. The number of carbonyl (C=O) groups excluding carboxylic acids is 2. The predicted molar refractivity (Wildman–Crippen MR) is 132 cm³/mol. The molecule has 0 aliphatic heterocycles. The molecule has 0 atom stereocenters. The van der Waals surface area contributed by atoms with Gasteiger partial charge in [-0.15, -0.1) is 11.3 Å². The van der Waals surface area contributed by atoms with Gasteiger partial charge in [0.25, 0.3) is 5.91 Å². The minimum atomic E-state index is -0.719. The first kappa shape index (κ1) is 23.7. The Morgan fingerprint density at radius 3 is 2.54 bits per heavy atom. The number of esters is 1. The SMILES string of the molecule is CCOC(=O)c1c(-c2ccccc2)csc1NC(=O)C(C#N)=Cc1ccc(-c2ccccc2F)o1. The fourth-order valence-corrected chi connectivity index (χ4v) is 4.34. The van der Waals surface area contributed by atoms with Crippen LogP contribution in [-0.4, -0.2) is 18.5 Å². The van der Waals surface area contributed by atoms with E-state index < -0.39 is 17.7 Å². The molecule has 1 amide bonds. The summed E-state index contributed by atoms with van der Waals surface area (Å²) in [6, 6.07) is 20.3. The number of nitrogens with one attached hydrogen (secondary N) is 1. The van der Waals surface area contributed by atoms with E-state index in [4.69, 9.17) is 9.15 Å². The highest BCUT2D eigenvalue weighted by atomic mass is 32.1. The molecule has 35 heavy (non-hydrogen) atoms. The highest BCUT2D eigenvalue weighted by Gasteiger charge is 2.24. The third-order valence-corrected chi connectivity index (χ3v) is 5.90. The first-order valence-electron chi connectivity index (χ1n) is 10.6. The zero-order chi connectivity index (χ0) is 24.8. The van der Waals surface area contributed by atoms with Crippen LogP contribution in [0.3, 0.4) is 0 Å². The van der Waals surface area contributed by atoms with Gasteiger partial charge in [-0.25, -0.2) is 9.18 Å². The molecule has 1 N–H and O–H groups in total. The van der Waals surface area contributed by atoms with E-state index in [0.29, 0.717) is 5.56 Å². The molecule has 0 spiro atoms. The van der Waals surface area contributed by atoms with Crippen LogP contribution in [0.5, 0.6) is 0 Å². The molecule has 2 aromatic carbocycles. The Bertz CT molecular complexity index is 1450. The van der Waals surface area contributed by atoms with Crippen molar-refractivity contribution in [2.45, 2.75) is 6.92 Å². The molecule has 4 aromatic rings. The van der Waals surface area contributed by atoms with Crippen LogP contribution in [0.2, 0.25) is 0 Å². The summed E-state index contributed by atoms with van der Waals surface area (Å²) in [6.45, 7) is 1.86. The average molecular weight is 487 g/mol. The zero-order valence-electron chi connectivity index (χ0n) is 18.6. The van der Waals surface area contributed by atoms with Gasteiger partial charge in [0.2, 0.25) is 0 Å². The summed E-state index contributed by atoms with van der Waals surface area (Å²) in [5.41, 5.74) is 1.64. The molecule has 0 aliphatic carbocycles. The van der Waals surface area contributed by atoms with Gasteiger partial charge in [-0.1, -0.05) is 42.5 Å². The number of ether oxygens (including phenoxy) is 1. The van der Waals surface area contributed by atoms with Gasteiger partial charge in [-0.2, -0.15) is 5.26 Å². The zero-order valence-corrected chi connectivity index (χ0v) is 19.4. The van der Waals surface area contributed by atoms with Gasteiger partial charge in [0.1, 0.15) is 39.5 Å². The Morgan fingerprint density at radius 1 is 1.09 bits per heavy atom. The van der Waals surface area contributed by atoms with Crippen molar-refractivity contribution >= 4 is 34.3 Å². The summed E-state index contributed by atoms with van der Waals surface area (Å²) in [4.78, 5) is 25.6. The predicted octanol–water partition coefficient (Wildman–Crippen LogP) is 6.54. The first-order chi connectivity index (χ1) is 17.0. The Balaban J connectivity index is 1.62. The molecule has 0 saturated carbocycles. The number of thiophene rings is 1. The number of nitriles is 1. The maximum Gasteiger partial charge on any atom is 0.341 e. The van der Waals surface area contributed by atoms with Crippen LogP contribution in [0, 0.1) is 17.1 Å². The van der Waals surface area contributed by atoms with Crippen LogP contribution in [0.1, 0.15) is 23.0 Å². The summed E-state index contributed by atoms with van der Waals surface area (Å²) in [5, 5.41) is 14.2. The Morgan fingerprint density at radius 2 is 1.83 bits per heavy atom. The minimum absolute atomic E-state index is 0.169. The molecule has 0 radical (unpaired) electrons. The van der Waals surface area contributed by atoms with E-state index in [0.717, 1.165) is 16.9 Å². The highest BCUT2D eigenvalue weighted by Crippen LogP contribution is 2.36. The number of carbonyl (C=O) groups is 2. The second kappa shape index (κ2) is 10.6. The number of anilines is 1. The second-order valence-corrected chi connectivity index (χ2v) is 8.13. The Labute approximate surface area is 204 Å². The van der Waals surface area contributed by atoms with Gasteiger partial charge in [-0.3, -0.25) is 4.79 Å². The molecular formula is C27H19FN2O4S. The summed E-state index contributed by atoms with van der Waals surface area (Å²) < 4.78 is 24.9. The van der Waals surface area contributed by atoms with E-state index in [1.165, 1.54) is 18.2 Å². The molecule has 2 heterocycles. The van der Waals surface area contributed by atoms with E-state index in [9.17, 15) is 19.2 Å². The number of hydrogen-bond acceptors (Lipinski definition) is 6. The second-order valence-electron chi connectivity index (χ2n) is 7.25. The molecule has 0 aliphatic rings. The highest BCUT2D eigenvalue weighted by molar-refractivity contribution is 7.15. The van der Waals surface area contributed by atoms with Crippen molar-refractivity contribution < 1.29 is 23.1 Å². The van der Waals surface area contributed by atoms with Crippen LogP contribution in [0.25, 0.3) is 28.5 Å².